The van der Waals surface area contributed by atoms with Crippen molar-refractivity contribution in [3.05, 3.63) is 36.9 Å². The third-order valence-electron chi connectivity index (χ3n) is 4.15. The second-order valence-corrected chi connectivity index (χ2v) is 5.72. The lowest BCUT2D eigenvalue weighted by Crippen LogP contribution is -2.41. The van der Waals surface area contributed by atoms with E-state index in [1.807, 2.05) is 10.7 Å². The predicted octanol–water partition coefficient (Wildman–Crippen LogP) is 1.98. The Labute approximate surface area is 133 Å². The van der Waals surface area contributed by atoms with Crippen LogP contribution in [0.5, 0.6) is 0 Å². The third kappa shape index (κ3) is 3.16. The van der Waals surface area contributed by atoms with Crippen molar-refractivity contribution >= 4 is 0 Å². The Bertz CT molecular complexity index is 721. The Kier molecular flexibility index (Phi) is 3.89. The van der Waals surface area contributed by atoms with Gasteiger partial charge in [0.25, 0.3) is 5.89 Å². The topological polar surface area (TPSA) is 86.0 Å². The quantitative estimate of drug-likeness (QED) is 0.711. The smallest absolute Gasteiger partial charge is 0.283 e. The minimum absolute atomic E-state index is 0.407. The highest BCUT2D eigenvalue weighted by molar-refractivity contribution is 5.42. The molecule has 23 heavy (non-hydrogen) atoms. The maximum Gasteiger partial charge on any atom is 0.283 e. The number of likely N-dealkylation sites (tertiary alicyclic amines) is 1. The molecule has 0 unspecified atom stereocenters. The number of rotatable bonds is 5. The molecule has 4 rings (SSSR count). The summed E-state index contributed by atoms with van der Waals surface area (Å²) in [4.78, 5) is 6.39. The maximum absolute atomic E-state index is 5.72. The molecule has 3 aromatic heterocycles. The first-order valence-electron chi connectivity index (χ1n) is 7.81. The zero-order valence-electron chi connectivity index (χ0n) is 12.7. The molecule has 120 valence electrons. The summed E-state index contributed by atoms with van der Waals surface area (Å²) in [6, 6.07) is 4.02. The van der Waals surface area contributed by atoms with Gasteiger partial charge in [-0.2, -0.15) is 5.10 Å². The Morgan fingerprint density at radius 1 is 1.26 bits per heavy atom. The van der Waals surface area contributed by atoms with Crippen molar-refractivity contribution in [2.75, 3.05) is 6.54 Å². The second kappa shape index (κ2) is 6.33. The van der Waals surface area contributed by atoms with Crippen molar-refractivity contribution in [2.24, 2.45) is 0 Å². The van der Waals surface area contributed by atoms with Gasteiger partial charge in [0.2, 0.25) is 5.89 Å². The normalized spacial score (nSPS) is 19.2. The van der Waals surface area contributed by atoms with Crippen LogP contribution in [0.25, 0.3) is 11.7 Å². The van der Waals surface area contributed by atoms with E-state index in [-0.39, 0.29) is 0 Å². The van der Waals surface area contributed by atoms with Crippen LogP contribution in [0.3, 0.4) is 0 Å². The molecular formula is C15H18N6O2. The number of aromatic nitrogens is 5. The van der Waals surface area contributed by atoms with E-state index >= 15 is 0 Å². The van der Waals surface area contributed by atoms with Crippen molar-refractivity contribution in [2.45, 2.75) is 38.4 Å². The molecule has 0 saturated carbocycles. The largest absolute Gasteiger partial charge is 0.459 e. The van der Waals surface area contributed by atoms with E-state index in [0.29, 0.717) is 30.1 Å². The standard InChI is InChI=1S/C15H18N6O2/c1-2-6-20(12(4-1)8-21-11-16-10-17-21)9-14-18-19-15(23-14)13-5-3-7-22-13/h3,5,7,10-12H,1-2,4,6,8-9H2/t12-/m1/s1. The van der Waals surface area contributed by atoms with Crippen LogP contribution >= 0.6 is 0 Å². The maximum atomic E-state index is 5.72. The van der Waals surface area contributed by atoms with E-state index in [0.717, 1.165) is 19.5 Å². The molecule has 0 aromatic carbocycles. The summed E-state index contributed by atoms with van der Waals surface area (Å²) in [5, 5.41) is 12.4. The predicted molar refractivity (Wildman–Crippen MR) is 80.1 cm³/mol. The summed E-state index contributed by atoms with van der Waals surface area (Å²) < 4.78 is 12.9. The van der Waals surface area contributed by atoms with E-state index in [1.54, 1.807) is 25.0 Å². The average molecular weight is 314 g/mol. The lowest BCUT2D eigenvalue weighted by atomic mass is 10.0. The number of piperidine rings is 1. The van der Waals surface area contributed by atoms with Crippen LogP contribution < -0.4 is 0 Å². The van der Waals surface area contributed by atoms with E-state index in [1.165, 1.54) is 12.8 Å². The lowest BCUT2D eigenvalue weighted by Gasteiger charge is -2.34. The molecule has 1 fully saturated rings. The van der Waals surface area contributed by atoms with Gasteiger partial charge in [0.05, 0.1) is 19.4 Å². The molecule has 4 heterocycles. The molecule has 0 radical (unpaired) electrons. The number of hydrogen-bond acceptors (Lipinski definition) is 7. The number of nitrogens with zero attached hydrogens (tertiary/aromatic N) is 6. The van der Waals surface area contributed by atoms with Crippen molar-refractivity contribution in [1.29, 1.82) is 0 Å². The first-order chi connectivity index (χ1) is 11.4. The fourth-order valence-electron chi connectivity index (χ4n) is 3.01. The van der Waals surface area contributed by atoms with E-state index in [9.17, 15) is 0 Å². The first-order valence-corrected chi connectivity index (χ1v) is 7.81. The zero-order chi connectivity index (χ0) is 15.5. The summed E-state index contributed by atoms with van der Waals surface area (Å²) in [5.74, 6) is 1.64. The molecule has 1 aliphatic heterocycles. The van der Waals surface area contributed by atoms with Gasteiger partial charge >= 0.3 is 0 Å². The van der Waals surface area contributed by atoms with Crippen molar-refractivity contribution in [1.82, 2.24) is 29.9 Å². The van der Waals surface area contributed by atoms with Crippen molar-refractivity contribution in [3.8, 4) is 11.7 Å². The highest BCUT2D eigenvalue weighted by Crippen LogP contribution is 2.22. The minimum atomic E-state index is 0.407. The highest BCUT2D eigenvalue weighted by atomic mass is 16.4. The Hall–Kier alpha value is -2.48. The van der Waals surface area contributed by atoms with Crippen LogP contribution in [-0.2, 0) is 13.1 Å². The number of hydrogen-bond donors (Lipinski definition) is 0. The lowest BCUT2D eigenvalue weighted by molar-refractivity contribution is 0.111. The summed E-state index contributed by atoms with van der Waals surface area (Å²) in [6.45, 7) is 2.50. The van der Waals surface area contributed by atoms with Gasteiger partial charge in [0.15, 0.2) is 5.76 Å². The molecule has 8 nitrogen and oxygen atoms in total. The van der Waals surface area contributed by atoms with Gasteiger partial charge < -0.3 is 8.83 Å². The van der Waals surface area contributed by atoms with Crippen molar-refractivity contribution < 1.29 is 8.83 Å². The molecule has 3 aromatic rings. The molecular weight excluding hydrogens is 296 g/mol. The second-order valence-electron chi connectivity index (χ2n) is 5.72. The summed E-state index contributed by atoms with van der Waals surface area (Å²) >= 11 is 0. The Balaban J connectivity index is 1.45. The summed E-state index contributed by atoms with van der Waals surface area (Å²) in [5.41, 5.74) is 0. The molecule has 1 saturated heterocycles. The van der Waals surface area contributed by atoms with Gasteiger partial charge in [-0.25, -0.2) is 4.98 Å². The van der Waals surface area contributed by atoms with Gasteiger partial charge in [-0.05, 0) is 31.5 Å². The first kappa shape index (κ1) is 14.1. The molecule has 0 amide bonds. The Morgan fingerprint density at radius 2 is 2.26 bits per heavy atom. The van der Waals surface area contributed by atoms with Gasteiger partial charge in [-0.3, -0.25) is 9.58 Å². The Morgan fingerprint density at radius 3 is 3.09 bits per heavy atom. The molecule has 1 aliphatic rings. The highest BCUT2D eigenvalue weighted by Gasteiger charge is 2.25. The van der Waals surface area contributed by atoms with Crippen LogP contribution in [0.4, 0.5) is 0 Å². The minimum Gasteiger partial charge on any atom is -0.459 e. The van der Waals surface area contributed by atoms with Crippen LogP contribution in [0.15, 0.2) is 39.9 Å². The molecule has 0 bridgehead atoms. The summed E-state index contributed by atoms with van der Waals surface area (Å²) in [7, 11) is 0. The van der Waals surface area contributed by atoms with Gasteiger partial charge in [-0.1, -0.05) is 6.42 Å². The van der Waals surface area contributed by atoms with E-state index < -0.39 is 0 Å². The van der Waals surface area contributed by atoms with Crippen LogP contribution in [0.1, 0.15) is 25.2 Å². The van der Waals surface area contributed by atoms with E-state index in [2.05, 4.69) is 25.2 Å². The SMILES string of the molecule is c1coc(-c2nnc(CN3CCCC[C@@H]3Cn3cncn3)o2)c1. The van der Waals surface area contributed by atoms with Crippen LogP contribution in [0, 0.1) is 0 Å². The molecule has 1 atom stereocenters. The van der Waals surface area contributed by atoms with Gasteiger partial charge in [0.1, 0.15) is 12.7 Å². The fourth-order valence-corrected chi connectivity index (χ4v) is 3.01. The van der Waals surface area contributed by atoms with Crippen molar-refractivity contribution in [3.63, 3.8) is 0 Å². The molecule has 0 aliphatic carbocycles. The monoisotopic (exact) mass is 314 g/mol. The molecule has 0 spiro atoms. The fraction of sp³-hybridized carbons (Fsp3) is 0.467. The zero-order valence-corrected chi connectivity index (χ0v) is 12.7. The van der Waals surface area contributed by atoms with E-state index in [4.69, 9.17) is 8.83 Å². The van der Waals surface area contributed by atoms with Crippen LogP contribution in [0.2, 0.25) is 0 Å². The number of furan rings is 1. The van der Waals surface area contributed by atoms with Crippen LogP contribution in [-0.4, -0.2) is 42.4 Å². The third-order valence-corrected chi connectivity index (χ3v) is 4.15. The average Bonchev–Trinajstić information content (AvgIpc) is 3.31. The molecule has 0 N–H and O–H groups in total. The summed E-state index contributed by atoms with van der Waals surface area (Å²) in [6.07, 6.45) is 8.48. The molecule has 8 heteroatoms. The van der Waals surface area contributed by atoms with Gasteiger partial charge in [0, 0.05) is 6.04 Å². The van der Waals surface area contributed by atoms with Gasteiger partial charge in [-0.15, -0.1) is 10.2 Å².